The molecule has 1 aliphatic rings. The van der Waals surface area contributed by atoms with Gasteiger partial charge in [0.1, 0.15) is 17.3 Å². The minimum Gasteiger partial charge on any atom is -0.0763 e. The summed E-state index contributed by atoms with van der Waals surface area (Å²) in [4.78, 5) is 0. The highest BCUT2D eigenvalue weighted by atomic mass is 32.2. The molecule has 86 valence electrons. The zero-order valence-corrected chi connectivity index (χ0v) is 10.9. The second-order valence-electron chi connectivity index (χ2n) is 4.38. The van der Waals surface area contributed by atoms with Gasteiger partial charge in [0.05, 0.1) is 0 Å². The van der Waals surface area contributed by atoms with Crippen LogP contribution in [0.4, 0.5) is 0 Å². The first-order valence-corrected chi connectivity index (χ1v) is 8.02. The van der Waals surface area contributed by atoms with Crippen molar-refractivity contribution < 1.29 is 0 Å². The molecule has 0 spiro atoms. The molecule has 1 aromatic rings. The Morgan fingerprint density at radius 2 is 1.88 bits per heavy atom. The van der Waals surface area contributed by atoms with Gasteiger partial charge in [-0.15, -0.1) is 0 Å². The highest BCUT2D eigenvalue weighted by Gasteiger charge is 2.25. The fourth-order valence-electron chi connectivity index (χ4n) is 2.24. The molecule has 16 heavy (non-hydrogen) atoms. The van der Waals surface area contributed by atoms with Gasteiger partial charge < -0.3 is 0 Å². The van der Waals surface area contributed by atoms with Gasteiger partial charge in [0.15, 0.2) is 0 Å². The Kier molecular flexibility index (Phi) is 4.53. The molecule has 1 aliphatic heterocycles. The van der Waals surface area contributed by atoms with Crippen LogP contribution >= 0.6 is 0 Å². The highest BCUT2D eigenvalue weighted by Crippen LogP contribution is 2.22. The van der Waals surface area contributed by atoms with Crippen molar-refractivity contribution >= 4 is 16.5 Å². The third kappa shape index (κ3) is 3.15. The molecule has 0 N–H and O–H groups in total. The molecular weight excluding hydrogens is 212 g/mol. The second-order valence-corrected chi connectivity index (χ2v) is 6.71. The van der Waals surface area contributed by atoms with E-state index in [1.807, 2.05) is 0 Å². The second kappa shape index (κ2) is 6.15. The Morgan fingerprint density at radius 1 is 1.19 bits per heavy atom. The van der Waals surface area contributed by atoms with Gasteiger partial charge in [0, 0.05) is 5.57 Å². The molecule has 0 amide bonds. The molecule has 1 fully saturated rings. The topological polar surface area (TPSA) is 0 Å². The van der Waals surface area contributed by atoms with Crippen molar-refractivity contribution in [1.29, 1.82) is 0 Å². The van der Waals surface area contributed by atoms with Crippen molar-refractivity contribution in [3.63, 3.8) is 0 Å². The quantitative estimate of drug-likeness (QED) is 0.692. The van der Waals surface area contributed by atoms with E-state index in [4.69, 9.17) is 0 Å². The monoisotopic (exact) mass is 233 g/mol. The first-order chi connectivity index (χ1) is 7.90. The lowest BCUT2D eigenvalue weighted by atomic mass is 10.1. The molecule has 0 atom stereocenters. The number of allylic oxidation sites excluding steroid dienone is 1. The highest BCUT2D eigenvalue weighted by molar-refractivity contribution is 7.97. The summed E-state index contributed by atoms with van der Waals surface area (Å²) in [6.07, 6.45) is 6.48. The average molecular weight is 233 g/mol. The molecule has 0 aromatic heterocycles. The molecule has 0 unspecified atom stereocenters. The largest absolute Gasteiger partial charge is 0.133 e. The maximum absolute atomic E-state index is 2.42. The van der Waals surface area contributed by atoms with Crippen LogP contribution in [0, 0.1) is 0 Å². The van der Waals surface area contributed by atoms with Crippen molar-refractivity contribution in [2.45, 2.75) is 26.2 Å². The molecule has 0 saturated carbocycles. The molecule has 2 rings (SSSR count). The van der Waals surface area contributed by atoms with Crippen LogP contribution in [0.1, 0.15) is 31.7 Å². The average Bonchev–Trinajstić information content (AvgIpc) is 2.83. The number of hydrogen-bond donors (Lipinski definition) is 0. The Bertz CT molecular complexity index is 334. The lowest BCUT2D eigenvalue weighted by Crippen LogP contribution is -2.10. The van der Waals surface area contributed by atoms with Crippen molar-refractivity contribution in [2.24, 2.45) is 0 Å². The van der Waals surface area contributed by atoms with E-state index in [9.17, 15) is 0 Å². The van der Waals surface area contributed by atoms with E-state index in [0.29, 0.717) is 10.9 Å². The molecule has 1 aromatic carbocycles. The van der Waals surface area contributed by atoms with Gasteiger partial charge >= 0.3 is 0 Å². The van der Waals surface area contributed by atoms with E-state index >= 15 is 0 Å². The SMILES string of the molecule is CCC=C(C[S+]1CCCC1)c1ccccc1. The zero-order valence-electron chi connectivity index (χ0n) is 10.1. The van der Waals surface area contributed by atoms with E-state index in [1.54, 1.807) is 5.57 Å². The van der Waals surface area contributed by atoms with Crippen LogP contribution < -0.4 is 0 Å². The van der Waals surface area contributed by atoms with Crippen molar-refractivity contribution in [3.05, 3.63) is 42.0 Å². The van der Waals surface area contributed by atoms with Crippen LogP contribution in [0.25, 0.3) is 5.57 Å². The molecule has 1 heteroatoms. The van der Waals surface area contributed by atoms with Gasteiger partial charge in [-0.1, -0.05) is 43.3 Å². The summed E-state index contributed by atoms with van der Waals surface area (Å²) in [5.41, 5.74) is 3.01. The molecule has 0 bridgehead atoms. The Labute approximate surface area is 102 Å². The number of rotatable bonds is 4. The first-order valence-electron chi connectivity index (χ1n) is 6.28. The molecule has 0 nitrogen and oxygen atoms in total. The lowest BCUT2D eigenvalue weighted by Gasteiger charge is -2.07. The van der Waals surface area contributed by atoms with Crippen LogP contribution in [0.2, 0.25) is 0 Å². The maximum Gasteiger partial charge on any atom is 0.133 e. The minimum atomic E-state index is 0.672. The third-order valence-electron chi connectivity index (χ3n) is 3.07. The van der Waals surface area contributed by atoms with E-state index in [1.165, 1.54) is 35.7 Å². The predicted octanol–water partition coefficient (Wildman–Crippen LogP) is 3.89. The maximum atomic E-state index is 2.42. The van der Waals surface area contributed by atoms with Gasteiger partial charge in [-0.3, -0.25) is 0 Å². The smallest absolute Gasteiger partial charge is 0.0763 e. The zero-order chi connectivity index (χ0) is 11.2. The number of hydrogen-bond acceptors (Lipinski definition) is 0. The molecule has 1 saturated heterocycles. The third-order valence-corrected chi connectivity index (χ3v) is 5.52. The summed E-state index contributed by atoms with van der Waals surface area (Å²) < 4.78 is 0. The Morgan fingerprint density at radius 3 is 2.50 bits per heavy atom. The van der Waals surface area contributed by atoms with Crippen LogP contribution in [0.5, 0.6) is 0 Å². The summed E-state index contributed by atoms with van der Waals surface area (Å²) in [6.45, 7) is 2.24. The summed E-state index contributed by atoms with van der Waals surface area (Å²) in [7, 11) is 0.672. The van der Waals surface area contributed by atoms with Gasteiger partial charge in [0.2, 0.25) is 0 Å². The minimum absolute atomic E-state index is 0.672. The van der Waals surface area contributed by atoms with E-state index < -0.39 is 0 Å². The van der Waals surface area contributed by atoms with Crippen LogP contribution in [0.3, 0.4) is 0 Å². The van der Waals surface area contributed by atoms with Crippen LogP contribution in [-0.4, -0.2) is 17.3 Å². The van der Waals surface area contributed by atoms with Crippen molar-refractivity contribution in [1.82, 2.24) is 0 Å². The van der Waals surface area contributed by atoms with E-state index in [2.05, 4.69) is 43.3 Å². The predicted molar refractivity (Wildman–Crippen MR) is 75.9 cm³/mol. The molecular formula is C15H21S+. The number of benzene rings is 1. The molecule has 0 radical (unpaired) electrons. The first kappa shape index (κ1) is 11.8. The standard InChI is InChI=1S/C15H21S/c1-2-8-15(13-16-11-6-7-12-16)14-9-4-3-5-10-14/h3-5,8-10H,2,6-7,11-13H2,1H3/q+1. The Balaban J connectivity index is 2.08. The summed E-state index contributed by atoms with van der Waals surface area (Å²) in [5, 5.41) is 0. The fraction of sp³-hybridized carbons (Fsp3) is 0.467. The van der Waals surface area contributed by atoms with E-state index in [0.717, 1.165) is 6.42 Å². The van der Waals surface area contributed by atoms with Gasteiger partial charge in [-0.2, -0.15) is 0 Å². The van der Waals surface area contributed by atoms with Gasteiger partial charge in [0.25, 0.3) is 0 Å². The van der Waals surface area contributed by atoms with Gasteiger partial charge in [-0.25, -0.2) is 0 Å². The molecule has 1 heterocycles. The Hall–Kier alpha value is -0.690. The lowest BCUT2D eigenvalue weighted by molar-refractivity contribution is 0.949. The summed E-state index contributed by atoms with van der Waals surface area (Å²) >= 11 is 0. The van der Waals surface area contributed by atoms with Crippen LogP contribution in [-0.2, 0) is 10.9 Å². The van der Waals surface area contributed by atoms with E-state index in [-0.39, 0.29) is 0 Å². The summed E-state index contributed by atoms with van der Waals surface area (Å²) in [6, 6.07) is 10.9. The molecule has 0 aliphatic carbocycles. The van der Waals surface area contributed by atoms with Crippen LogP contribution in [0.15, 0.2) is 36.4 Å². The summed E-state index contributed by atoms with van der Waals surface area (Å²) in [5.74, 6) is 4.25. The normalized spacial score (nSPS) is 17.9. The van der Waals surface area contributed by atoms with Crippen molar-refractivity contribution in [2.75, 3.05) is 17.3 Å². The fourth-order valence-corrected chi connectivity index (χ4v) is 4.68. The van der Waals surface area contributed by atoms with Crippen molar-refractivity contribution in [3.8, 4) is 0 Å². The van der Waals surface area contributed by atoms with Gasteiger partial charge in [-0.05, 0) is 35.7 Å².